The summed E-state index contributed by atoms with van der Waals surface area (Å²) >= 11 is 0. The zero-order chi connectivity index (χ0) is 16.3. The Bertz CT molecular complexity index is 554. The molecule has 0 saturated carbocycles. The summed E-state index contributed by atoms with van der Waals surface area (Å²) < 4.78 is 0. The van der Waals surface area contributed by atoms with Crippen molar-refractivity contribution in [2.24, 2.45) is 0 Å². The van der Waals surface area contributed by atoms with Gasteiger partial charge in [-0.3, -0.25) is 0 Å². The number of fused-ring (bicyclic) bond motifs is 1. The van der Waals surface area contributed by atoms with E-state index in [0.717, 1.165) is 12.4 Å². The number of unbranched alkanes of at least 4 members (excludes halogenated alkanes) is 2. The number of nitrogens with one attached hydrogen (secondary N) is 1. The van der Waals surface area contributed by atoms with Crippen LogP contribution in [0, 0.1) is 0 Å². The molecule has 0 bridgehead atoms. The normalized spacial score (nSPS) is 11.3. The van der Waals surface area contributed by atoms with Crippen LogP contribution in [0.15, 0.2) is 36.5 Å². The maximum atomic E-state index is 4.50. The van der Waals surface area contributed by atoms with Crippen molar-refractivity contribution in [3.05, 3.63) is 36.5 Å². The second-order valence-corrected chi connectivity index (χ2v) is 6.21. The molecular weight excluding hydrogens is 282 g/mol. The van der Waals surface area contributed by atoms with Gasteiger partial charge in [0.1, 0.15) is 5.82 Å². The highest BCUT2D eigenvalue weighted by Crippen LogP contribution is 2.20. The summed E-state index contributed by atoms with van der Waals surface area (Å²) in [6.07, 6.45) is 8.23. The highest BCUT2D eigenvalue weighted by molar-refractivity contribution is 5.91. The van der Waals surface area contributed by atoms with Gasteiger partial charge in [-0.15, -0.1) is 0 Å². The smallest absolute Gasteiger partial charge is 0.133 e. The second kappa shape index (κ2) is 10.2. The van der Waals surface area contributed by atoms with E-state index in [1.807, 2.05) is 6.20 Å². The number of anilines is 1. The van der Waals surface area contributed by atoms with E-state index in [9.17, 15) is 0 Å². The number of benzene rings is 1. The largest absolute Gasteiger partial charge is 0.370 e. The van der Waals surface area contributed by atoms with Gasteiger partial charge in [-0.2, -0.15) is 0 Å². The maximum absolute atomic E-state index is 4.50. The molecule has 0 unspecified atom stereocenters. The Morgan fingerprint density at radius 3 is 2.35 bits per heavy atom. The fourth-order valence-electron chi connectivity index (χ4n) is 2.87. The van der Waals surface area contributed by atoms with Crippen LogP contribution in [-0.2, 0) is 0 Å². The van der Waals surface area contributed by atoms with E-state index in [4.69, 9.17) is 0 Å². The summed E-state index contributed by atoms with van der Waals surface area (Å²) in [5.74, 6) is 1.01. The summed E-state index contributed by atoms with van der Waals surface area (Å²) in [6.45, 7) is 9.18. The monoisotopic (exact) mass is 313 g/mol. The van der Waals surface area contributed by atoms with Crippen LogP contribution < -0.4 is 5.32 Å². The lowest BCUT2D eigenvalue weighted by Crippen LogP contribution is -2.28. The summed E-state index contributed by atoms with van der Waals surface area (Å²) in [5.41, 5.74) is 0. The van der Waals surface area contributed by atoms with Crippen LogP contribution in [-0.4, -0.2) is 36.1 Å². The zero-order valence-corrected chi connectivity index (χ0v) is 14.7. The molecule has 0 radical (unpaired) electrons. The predicted molar refractivity (Wildman–Crippen MR) is 101 cm³/mol. The van der Waals surface area contributed by atoms with Crippen LogP contribution in [0.3, 0.4) is 0 Å². The van der Waals surface area contributed by atoms with Crippen molar-refractivity contribution >= 4 is 16.6 Å². The standard InChI is InChI=1S/C20H31N3/c1-3-5-15-23(16-6-4-2)17-9-13-21-20-19-11-8-7-10-18(19)12-14-22-20/h7-8,10-12,14H,3-6,9,13,15-17H2,1-2H3,(H,21,22). The summed E-state index contributed by atoms with van der Waals surface area (Å²) in [4.78, 5) is 7.11. The first-order chi connectivity index (χ1) is 11.3. The molecule has 0 aliphatic heterocycles. The van der Waals surface area contributed by atoms with Crippen molar-refractivity contribution in [2.75, 3.05) is 31.5 Å². The molecule has 2 aromatic rings. The van der Waals surface area contributed by atoms with Gasteiger partial charge in [0.2, 0.25) is 0 Å². The van der Waals surface area contributed by atoms with E-state index in [1.165, 1.54) is 62.5 Å². The molecule has 1 heterocycles. The van der Waals surface area contributed by atoms with Gasteiger partial charge in [0, 0.05) is 18.1 Å². The Kier molecular flexibility index (Phi) is 7.88. The van der Waals surface area contributed by atoms with Crippen molar-refractivity contribution < 1.29 is 0 Å². The van der Waals surface area contributed by atoms with Crippen molar-refractivity contribution in [2.45, 2.75) is 46.0 Å². The molecule has 0 fully saturated rings. The van der Waals surface area contributed by atoms with E-state index >= 15 is 0 Å². The Balaban J connectivity index is 1.80. The van der Waals surface area contributed by atoms with Gasteiger partial charge in [0.15, 0.2) is 0 Å². The molecule has 3 nitrogen and oxygen atoms in total. The zero-order valence-electron chi connectivity index (χ0n) is 14.7. The second-order valence-electron chi connectivity index (χ2n) is 6.21. The lowest BCUT2D eigenvalue weighted by atomic mass is 10.1. The molecule has 0 saturated heterocycles. The molecule has 3 heteroatoms. The Morgan fingerprint density at radius 2 is 1.61 bits per heavy atom. The molecule has 0 amide bonds. The average molecular weight is 313 g/mol. The molecule has 0 aliphatic rings. The Hall–Kier alpha value is -1.61. The molecule has 1 aromatic carbocycles. The average Bonchev–Trinajstić information content (AvgIpc) is 2.60. The SMILES string of the molecule is CCCCN(CCCC)CCCNc1nccc2ccccc12. The van der Waals surface area contributed by atoms with Crippen LogP contribution in [0.4, 0.5) is 5.82 Å². The number of aromatic nitrogens is 1. The van der Waals surface area contributed by atoms with Crippen molar-refractivity contribution in [3.63, 3.8) is 0 Å². The molecule has 1 N–H and O–H groups in total. The highest BCUT2D eigenvalue weighted by Gasteiger charge is 2.04. The first-order valence-corrected chi connectivity index (χ1v) is 9.15. The topological polar surface area (TPSA) is 28.2 Å². The van der Waals surface area contributed by atoms with E-state index in [1.54, 1.807) is 0 Å². The molecule has 23 heavy (non-hydrogen) atoms. The summed E-state index contributed by atoms with van der Waals surface area (Å²) in [7, 11) is 0. The fourth-order valence-corrected chi connectivity index (χ4v) is 2.87. The molecule has 0 atom stereocenters. The molecule has 126 valence electrons. The van der Waals surface area contributed by atoms with Crippen LogP contribution in [0.5, 0.6) is 0 Å². The summed E-state index contributed by atoms with van der Waals surface area (Å²) in [5, 5.41) is 5.98. The minimum Gasteiger partial charge on any atom is -0.370 e. The van der Waals surface area contributed by atoms with E-state index in [0.29, 0.717) is 0 Å². The van der Waals surface area contributed by atoms with Crippen LogP contribution in [0.2, 0.25) is 0 Å². The lowest BCUT2D eigenvalue weighted by Gasteiger charge is -2.22. The van der Waals surface area contributed by atoms with Crippen molar-refractivity contribution in [1.82, 2.24) is 9.88 Å². The lowest BCUT2D eigenvalue weighted by molar-refractivity contribution is 0.264. The number of pyridine rings is 1. The molecule has 1 aromatic heterocycles. The Morgan fingerprint density at radius 1 is 0.913 bits per heavy atom. The number of hydrogen-bond donors (Lipinski definition) is 1. The number of rotatable bonds is 11. The maximum Gasteiger partial charge on any atom is 0.133 e. The van der Waals surface area contributed by atoms with E-state index < -0.39 is 0 Å². The molecule has 2 rings (SSSR count). The highest BCUT2D eigenvalue weighted by atomic mass is 15.1. The first kappa shape index (κ1) is 17.7. The van der Waals surface area contributed by atoms with Gasteiger partial charge in [0.25, 0.3) is 0 Å². The minimum atomic E-state index is 0.982. The summed E-state index contributed by atoms with van der Waals surface area (Å²) in [6, 6.07) is 10.5. The third-order valence-electron chi connectivity index (χ3n) is 4.27. The quantitative estimate of drug-likeness (QED) is 0.596. The predicted octanol–water partition coefficient (Wildman–Crippen LogP) is 4.94. The Labute approximate surface area is 141 Å². The number of hydrogen-bond acceptors (Lipinski definition) is 3. The van der Waals surface area contributed by atoms with Gasteiger partial charge >= 0.3 is 0 Å². The van der Waals surface area contributed by atoms with Gasteiger partial charge in [-0.25, -0.2) is 4.98 Å². The third-order valence-corrected chi connectivity index (χ3v) is 4.27. The molecule has 0 spiro atoms. The van der Waals surface area contributed by atoms with Gasteiger partial charge < -0.3 is 10.2 Å². The van der Waals surface area contributed by atoms with Crippen molar-refractivity contribution in [3.8, 4) is 0 Å². The van der Waals surface area contributed by atoms with Crippen molar-refractivity contribution in [1.29, 1.82) is 0 Å². The first-order valence-electron chi connectivity index (χ1n) is 9.15. The fraction of sp³-hybridized carbons (Fsp3) is 0.550. The van der Waals surface area contributed by atoms with Gasteiger partial charge in [0.05, 0.1) is 0 Å². The van der Waals surface area contributed by atoms with Gasteiger partial charge in [-0.05, 0) is 50.3 Å². The minimum absolute atomic E-state index is 0.982. The van der Waals surface area contributed by atoms with E-state index in [2.05, 4.69) is 59.4 Å². The molecule has 0 aliphatic carbocycles. The van der Waals surface area contributed by atoms with E-state index in [-0.39, 0.29) is 0 Å². The van der Waals surface area contributed by atoms with Crippen LogP contribution in [0.1, 0.15) is 46.0 Å². The van der Waals surface area contributed by atoms with Crippen LogP contribution >= 0.6 is 0 Å². The third kappa shape index (κ3) is 5.83. The number of nitrogens with zero attached hydrogens (tertiary/aromatic N) is 2. The molecular formula is C20H31N3. The van der Waals surface area contributed by atoms with Crippen LogP contribution in [0.25, 0.3) is 10.8 Å². The van der Waals surface area contributed by atoms with Gasteiger partial charge in [-0.1, -0.05) is 51.0 Å².